The van der Waals surface area contributed by atoms with Crippen molar-refractivity contribution in [2.45, 2.75) is 6.61 Å². The summed E-state index contributed by atoms with van der Waals surface area (Å²) in [5, 5.41) is 17.6. The van der Waals surface area contributed by atoms with Gasteiger partial charge in [0.1, 0.15) is 18.1 Å². The number of benzene rings is 2. The predicted molar refractivity (Wildman–Crippen MR) is 110 cm³/mol. The lowest BCUT2D eigenvalue weighted by atomic mass is 10.1. The van der Waals surface area contributed by atoms with E-state index in [0.717, 1.165) is 11.1 Å². The van der Waals surface area contributed by atoms with Crippen molar-refractivity contribution >= 4 is 29.7 Å². The number of H-pyrrole nitrogens is 1. The van der Waals surface area contributed by atoms with Crippen molar-refractivity contribution in [3.63, 3.8) is 0 Å². The highest BCUT2D eigenvalue weighted by molar-refractivity contribution is 6.31. The van der Waals surface area contributed by atoms with Crippen LogP contribution in [0.4, 0.5) is 5.95 Å². The Balaban J connectivity index is 1.36. The lowest BCUT2D eigenvalue weighted by Gasteiger charge is -2.07. The van der Waals surface area contributed by atoms with E-state index in [4.69, 9.17) is 20.8 Å². The smallest absolute Gasteiger partial charge is 0.338 e. The van der Waals surface area contributed by atoms with Crippen LogP contribution in [0.25, 0.3) is 11.3 Å². The molecule has 0 aliphatic rings. The first kappa shape index (κ1) is 19.3. The first-order chi connectivity index (χ1) is 14.7. The molecule has 10 heteroatoms. The number of anilines is 1. The van der Waals surface area contributed by atoms with E-state index in [1.807, 2.05) is 18.2 Å². The number of aromatic amines is 1. The zero-order valence-corrected chi connectivity index (χ0v) is 16.2. The molecule has 0 aliphatic heterocycles. The van der Waals surface area contributed by atoms with Gasteiger partial charge in [-0.15, -0.1) is 5.10 Å². The van der Waals surface area contributed by atoms with Crippen LogP contribution in [0, 0.1) is 0 Å². The fourth-order valence-corrected chi connectivity index (χ4v) is 2.74. The molecule has 0 atom stereocenters. The van der Waals surface area contributed by atoms with Gasteiger partial charge < -0.3 is 9.15 Å². The number of esters is 1. The van der Waals surface area contributed by atoms with E-state index in [1.165, 1.54) is 6.21 Å². The lowest BCUT2D eigenvalue weighted by Crippen LogP contribution is -2.05. The molecule has 30 heavy (non-hydrogen) atoms. The number of hydrazone groups is 1. The molecule has 2 heterocycles. The molecule has 2 N–H and O–H groups in total. The molecule has 4 rings (SSSR count). The summed E-state index contributed by atoms with van der Waals surface area (Å²) in [5.74, 6) is 0.979. The molecule has 0 radical (unpaired) electrons. The maximum atomic E-state index is 12.3. The number of nitrogens with zero attached hydrogens (tertiary/aromatic N) is 4. The molecule has 2 aromatic heterocycles. The number of hydrogen-bond donors (Lipinski definition) is 2. The van der Waals surface area contributed by atoms with Crippen LogP contribution in [-0.2, 0) is 11.3 Å². The molecule has 0 aliphatic carbocycles. The van der Waals surface area contributed by atoms with Gasteiger partial charge in [0.15, 0.2) is 0 Å². The molecule has 0 fully saturated rings. The summed E-state index contributed by atoms with van der Waals surface area (Å²) in [5.41, 5.74) is 4.60. The maximum Gasteiger partial charge on any atom is 0.338 e. The van der Waals surface area contributed by atoms with Crippen LogP contribution in [0.5, 0.6) is 0 Å². The number of hydrogen-bond acceptors (Lipinski definition) is 8. The van der Waals surface area contributed by atoms with E-state index in [0.29, 0.717) is 22.1 Å². The summed E-state index contributed by atoms with van der Waals surface area (Å²) in [7, 11) is 0. The number of carbonyl (C=O) groups is 1. The van der Waals surface area contributed by atoms with Gasteiger partial charge in [0.25, 0.3) is 5.95 Å². The molecule has 0 unspecified atom stereocenters. The molecule has 0 saturated heterocycles. The lowest BCUT2D eigenvalue weighted by molar-refractivity contribution is 0.0473. The molecule has 0 bridgehead atoms. The van der Waals surface area contributed by atoms with Crippen LogP contribution >= 0.6 is 11.6 Å². The Morgan fingerprint density at radius 1 is 1.17 bits per heavy atom. The van der Waals surface area contributed by atoms with Crippen molar-refractivity contribution < 1.29 is 13.9 Å². The van der Waals surface area contributed by atoms with Gasteiger partial charge in [-0.2, -0.15) is 10.3 Å². The van der Waals surface area contributed by atoms with Crippen molar-refractivity contribution in [1.29, 1.82) is 0 Å². The largest absolute Gasteiger partial charge is 0.457 e. The minimum Gasteiger partial charge on any atom is -0.457 e. The normalized spacial score (nSPS) is 11.0. The molecular weight excluding hydrogens is 408 g/mol. The van der Waals surface area contributed by atoms with E-state index < -0.39 is 5.97 Å². The molecule has 9 nitrogen and oxygen atoms in total. The van der Waals surface area contributed by atoms with Crippen LogP contribution < -0.4 is 5.43 Å². The number of nitrogens with one attached hydrogen (secondary N) is 2. The van der Waals surface area contributed by atoms with E-state index in [-0.39, 0.29) is 12.6 Å². The van der Waals surface area contributed by atoms with E-state index in [2.05, 4.69) is 31.2 Å². The SMILES string of the molecule is O=C(OCc1ccccc1Cl)c1ccc(-c2ccc(C=NNc3nn[nH]n3)o2)cc1. The highest BCUT2D eigenvalue weighted by Crippen LogP contribution is 2.23. The van der Waals surface area contributed by atoms with Gasteiger partial charge in [-0.05, 0) is 35.5 Å². The van der Waals surface area contributed by atoms with Gasteiger partial charge in [0, 0.05) is 16.1 Å². The third kappa shape index (κ3) is 4.70. The highest BCUT2D eigenvalue weighted by atomic mass is 35.5. The minimum atomic E-state index is -0.429. The number of rotatable bonds is 7. The van der Waals surface area contributed by atoms with Gasteiger partial charge in [0.05, 0.1) is 11.8 Å². The van der Waals surface area contributed by atoms with Crippen molar-refractivity contribution in [3.05, 3.63) is 82.6 Å². The fourth-order valence-electron chi connectivity index (χ4n) is 2.55. The monoisotopic (exact) mass is 422 g/mol. The van der Waals surface area contributed by atoms with E-state index >= 15 is 0 Å². The zero-order chi connectivity index (χ0) is 20.8. The van der Waals surface area contributed by atoms with E-state index in [1.54, 1.807) is 42.5 Å². The molecular formula is C20H15ClN6O3. The Kier molecular flexibility index (Phi) is 5.81. The average Bonchev–Trinajstić information content (AvgIpc) is 3.46. The Hall–Kier alpha value is -3.98. The number of halogens is 1. The first-order valence-corrected chi connectivity index (χ1v) is 9.20. The Morgan fingerprint density at radius 2 is 2.00 bits per heavy atom. The third-order valence-corrected chi connectivity index (χ3v) is 4.42. The van der Waals surface area contributed by atoms with Gasteiger partial charge in [0.2, 0.25) is 0 Å². The van der Waals surface area contributed by atoms with Crippen molar-refractivity contribution in [3.8, 4) is 11.3 Å². The molecule has 150 valence electrons. The first-order valence-electron chi connectivity index (χ1n) is 8.82. The van der Waals surface area contributed by atoms with Crippen LogP contribution in [0.1, 0.15) is 21.7 Å². The van der Waals surface area contributed by atoms with E-state index in [9.17, 15) is 4.79 Å². The van der Waals surface area contributed by atoms with Crippen molar-refractivity contribution in [1.82, 2.24) is 20.6 Å². The summed E-state index contributed by atoms with van der Waals surface area (Å²) in [4.78, 5) is 12.3. The Morgan fingerprint density at radius 3 is 2.77 bits per heavy atom. The highest BCUT2D eigenvalue weighted by Gasteiger charge is 2.10. The van der Waals surface area contributed by atoms with Crippen molar-refractivity contribution in [2.75, 3.05) is 5.43 Å². The molecule has 4 aromatic rings. The number of carbonyl (C=O) groups excluding carboxylic acids is 1. The summed E-state index contributed by atoms with van der Waals surface area (Å²) < 4.78 is 11.1. The van der Waals surface area contributed by atoms with Crippen LogP contribution in [0.2, 0.25) is 5.02 Å². The molecule has 0 spiro atoms. The van der Waals surface area contributed by atoms with Crippen LogP contribution in [0.3, 0.4) is 0 Å². The quantitative estimate of drug-likeness (QED) is 0.263. The number of tetrazole rings is 1. The number of furan rings is 1. The van der Waals surface area contributed by atoms with Crippen LogP contribution in [0.15, 0.2) is 70.2 Å². The van der Waals surface area contributed by atoms with Gasteiger partial charge in [-0.3, -0.25) is 0 Å². The summed E-state index contributed by atoms with van der Waals surface area (Å²) in [6, 6.07) is 17.7. The number of aromatic nitrogens is 4. The molecule has 0 saturated carbocycles. The second-order valence-electron chi connectivity index (χ2n) is 6.05. The Labute approximate surface area is 175 Å². The summed E-state index contributed by atoms with van der Waals surface area (Å²) in [6.45, 7) is 0.110. The molecule has 0 amide bonds. The minimum absolute atomic E-state index is 0.110. The average molecular weight is 423 g/mol. The topological polar surface area (TPSA) is 118 Å². The van der Waals surface area contributed by atoms with Gasteiger partial charge in [-0.25, -0.2) is 10.2 Å². The summed E-state index contributed by atoms with van der Waals surface area (Å²) in [6.07, 6.45) is 1.49. The summed E-state index contributed by atoms with van der Waals surface area (Å²) >= 11 is 6.08. The second-order valence-corrected chi connectivity index (χ2v) is 6.46. The fraction of sp³-hybridized carbons (Fsp3) is 0.0500. The van der Waals surface area contributed by atoms with Gasteiger partial charge >= 0.3 is 5.97 Å². The third-order valence-electron chi connectivity index (χ3n) is 4.05. The predicted octanol–water partition coefficient (Wildman–Crippen LogP) is 3.92. The Bertz CT molecular complexity index is 1160. The number of ether oxygens (including phenoxy) is 1. The second kappa shape index (κ2) is 9.01. The standard InChI is InChI=1S/C20H15ClN6O3/c21-17-4-2-1-3-15(17)12-29-19(28)14-7-5-13(6-8-14)18-10-9-16(30-18)11-22-23-20-24-26-27-25-20/h1-11H,12H2,(H2,23,24,25,26,27). The zero-order valence-electron chi connectivity index (χ0n) is 15.4. The molecule has 2 aromatic carbocycles. The van der Waals surface area contributed by atoms with Crippen LogP contribution in [-0.4, -0.2) is 32.8 Å². The van der Waals surface area contributed by atoms with Crippen molar-refractivity contribution in [2.24, 2.45) is 5.10 Å². The maximum absolute atomic E-state index is 12.3. The van der Waals surface area contributed by atoms with Gasteiger partial charge in [-0.1, -0.05) is 47.0 Å².